The van der Waals surface area contributed by atoms with Gasteiger partial charge in [-0.15, -0.1) is 0 Å². The molecule has 1 aromatic carbocycles. The maximum atomic E-state index is 13.4. The van der Waals surface area contributed by atoms with Gasteiger partial charge in [0.2, 0.25) is 5.91 Å². The van der Waals surface area contributed by atoms with Crippen molar-refractivity contribution < 1.29 is 9.18 Å². The van der Waals surface area contributed by atoms with Crippen molar-refractivity contribution in [3.05, 3.63) is 65.2 Å². The Morgan fingerprint density at radius 3 is 2.71 bits per heavy atom. The number of nitrogens with one attached hydrogen (secondary N) is 2. The predicted octanol–water partition coefficient (Wildman–Crippen LogP) is 2.63. The number of hydrogen-bond donors (Lipinski definition) is 2. The number of carbonyl (C=O) groups is 1. The largest absolute Gasteiger partial charge is 0.342 e. The first-order chi connectivity index (χ1) is 13.6. The SMILES string of the molecule is CC1NNCC1C(=O)N1CCC(c2cccc(Cc3cccc(F)c3)n2)CC1. The number of nitrogens with zero attached hydrogens (tertiary/aromatic N) is 2. The van der Waals surface area contributed by atoms with E-state index in [9.17, 15) is 9.18 Å². The molecule has 1 aromatic heterocycles. The standard InChI is InChI=1S/C22H27FN4O/c1-15-20(14-24-26-15)22(28)27-10-8-17(9-11-27)21-7-3-6-19(25-21)13-16-4-2-5-18(23)12-16/h2-7,12,15,17,20,24,26H,8-11,13-14H2,1H3. The van der Waals surface area contributed by atoms with E-state index in [0.29, 0.717) is 18.9 Å². The summed E-state index contributed by atoms with van der Waals surface area (Å²) in [6, 6.07) is 13.0. The molecule has 6 heteroatoms. The Bertz CT molecular complexity index is 835. The lowest BCUT2D eigenvalue weighted by molar-refractivity contribution is -0.136. The number of aromatic nitrogens is 1. The molecule has 148 valence electrons. The lowest BCUT2D eigenvalue weighted by Gasteiger charge is -2.34. The van der Waals surface area contributed by atoms with Gasteiger partial charge in [-0.05, 0) is 49.6 Å². The second-order valence-electron chi connectivity index (χ2n) is 7.88. The van der Waals surface area contributed by atoms with Gasteiger partial charge in [0.1, 0.15) is 5.82 Å². The van der Waals surface area contributed by atoms with Gasteiger partial charge in [-0.2, -0.15) is 0 Å². The van der Waals surface area contributed by atoms with Gasteiger partial charge in [-0.1, -0.05) is 18.2 Å². The Kier molecular flexibility index (Phi) is 5.69. The van der Waals surface area contributed by atoms with Crippen molar-refractivity contribution >= 4 is 5.91 Å². The van der Waals surface area contributed by atoms with Crippen molar-refractivity contribution in [3.8, 4) is 0 Å². The molecule has 2 aliphatic rings. The molecular weight excluding hydrogens is 355 g/mol. The molecule has 2 atom stereocenters. The monoisotopic (exact) mass is 382 g/mol. The number of pyridine rings is 1. The van der Waals surface area contributed by atoms with Gasteiger partial charge in [-0.3, -0.25) is 20.6 Å². The van der Waals surface area contributed by atoms with Crippen LogP contribution in [0.2, 0.25) is 0 Å². The molecule has 5 nitrogen and oxygen atoms in total. The molecule has 2 aliphatic heterocycles. The minimum absolute atomic E-state index is 0.0178. The van der Waals surface area contributed by atoms with Crippen LogP contribution in [-0.2, 0) is 11.2 Å². The molecule has 2 aromatic rings. The Hall–Kier alpha value is -2.31. The van der Waals surface area contributed by atoms with Crippen LogP contribution >= 0.6 is 0 Å². The second-order valence-corrected chi connectivity index (χ2v) is 7.88. The summed E-state index contributed by atoms with van der Waals surface area (Å²) in [7, 11) is 0. The van der Waals surface area contributed by atoms with Crippen molar-refractivity contribution in [1.82, 2.24) is 20.7 Å². The fourth-order valence-electron chi connectivity index (χ4n) is 4.22. The number of benzene rings is 1. The van der Waals surface area contributed by atoms with Crippen LogP contribution in [0.1, 0.15) is 42.6 Å². The molecule has 1 amide bonds. The number of halogens is 1. The first-order valence-corrected chi connectivity index (χ1v) is 10.1. The van der Waals surface area contributed by atoms with Crippen LogP contribution in [0.4, 0.5) is 4.39 Å². The lowest BCUT2D eigenvalue weighted by Crippen LogP contribution is -2.44. The molecular formula is C22H27FN4O. The molecule has 0 saturated carbocycles. The number of piperidine rings is 1. The zero-order chi connectivity index (χ0) is 19.5. The van der Waals surface area contributed by atoms with E-state index in [0.717, 1.165) is 42.9 Å². The number of carbonyl (C=O) groups excluding carboxylic acids is 1. The maximum Gasteiger partial charge on any atom is 0.228 e. The van der Waals surface area contributed by atoms with Gasteiger partial charge in [0.05, 0.1) is 5.92 Å². The molecule has 2 N–H and O–H groups in total. The van der Waals surface area contributed by atoms with E-state index in [1.807, 2.05) is 30.0 Å². The van der Waals surface area contributed by atoms with E-state index in [1.54, 1.807) is 12.1 Å². The third-order valence-corrected chi connectivity index (χ3v) is 5.90. The second kappa shape index (κ2) is 8.37. The number of rotatable bonds is 4. The van der Waals surface area contributed by atoms with Crippen molar-refractivity contribution in [2.75, 3.05) is 19.6 Å². The molecule has 2 fully saturated rings. The lowest BCUT2D eigenvalue weighted by atomic mass is 9.91. The smallest absolute Gasteiger partial charge is 0.228 e. The highest BCUT2D eigenvalue weighted by Crippen LogP contribution is 2.28. The summed E-state index contributed by atoms with van der Waals surface area (Å²) in [6.07, 6.45) is 2.50. The molecule has 0 radical (unpaired) electrons. The summed E-state index contributed by atoms with van der Waals surface area (Å²) in [5.41, 5.74) is 9.17. The summed E-state index contributed by atoms with van der Waals surface area (Å²) in [5.74, 6) is 0.418. The Balaban J connectivity index is 1.37. The zero-order valence-corrected chi connectivity index (χ0v) is 16.2. The first-order valence-electron chi connectivity index (χ1n) is 10.1. The highest BCUT2D eigenvalue weighted by atomic mass is 19.1. The topological polar surface area (TPSA) is 57.3 Å². The Labute approximate surface area is 165 Å². The van der Waals surface area contributed by atoms with Crippen molar-refractivity contribution in [3.63, 3.8) is 0 Å². The van der Waals surface area contributed by atoms with Gasteiger partial charge in [-0.25, -0.2) is 4.39 Å². The van der Waals surface area contributed by atoms with Gasteiger partial charge >= 0.3 is 0 Å². The van der Waals surface area contributed by atoms with E-state index in [-0.39, 0.29) is 23.7 Å². The average Bonchev–Trinajstić information content (AvgIpc) is 3.14. The van der Waals surface area contributed by atoms with Gasteiger partial charge in [0, 0.05) is 49.4 Å². The Morgan fingerprint density at radius 1 is 1.21 bits per heavy atom. The molecule has 2 saturated heterocycles. The van der Waals surface area contributed by atoms with Crippen molar-refractivity contribution in [2.24, 2.45) is 5.92 Å². The fourth-order valence-corrected chi connectivity index (χ4v) is 4.22. The van der Waals surface area contributed by atoms with Gasteiger partial charge < -0.3 is 4.90 Å². The third kappa shape index (κ3) is 4.23. The van der Waals surface area contributed by atoms with E-state index in [4.69, 9.17) is 4.98 Å². The number of likely N-dealkylation sites (tertiary alicyclic amines) is 1. The van der Waals surface area contributed by atoms with Crippen LogP contribution in [0.15, 0.2) is 42.5 Å². The quantitative estimate of drug-likeness (QED) is 0.854. The van der Waals surface area contributed by atoms with Crippen molar-refractivity contribution in [1.29, 1.82) is 0 Å². The summed E-state index contributed by atoms with van der Waals surface area (Å²) < 4.78 is 13.4. The van der Waals surface area contributed by atoms with E-state index < -0.39 is 0 Å². The molecule has 28 heavy (non-hydrogen) atoms. The fraction of sp³-hybridized carbons (Fsp3) is 0.455. The van der Waals surface area contributed by atoms with Gasteiger partial charge in [0.25, 0.3) is 0 Å². The predicted molar refractivity (Wildman–Crippen MR) is 106 cm³/mol. The van der Waals surface area contributed by atoms with Crippen LogP contribution in [-0.4, -0.2) is 41.5 Å². The van der Waals surface area contributed by atoms with Crippen LogP contribution in [0.3, 0.4) is 0 Å². The minimum atomic E-state index is -0.215. The molecule has 0 bridgehead atoms. The van der Waals surface area contributed by atoms with Gasteiger partial charge in [0.15, 0.2) is 0 Å². The van der Waals surface area contributed by atoms with Crippen LogP contribution in [0.5, 0.6) is 0 Å². The highest BCUT2D eigenvalue weighted by Gasteiger charge is 2.34. The first kappa shape index (κ1) is 19.0. The number of amides is 1. The van der Waals surface area contributed by atoms with E-state index in [2.05, 4.69) is 16.9 Å². The minimum Gasteiger partial charge on any atom is -0.342 e. The summed E-state index contributed by atoms with van der Waals surface area (Å²) >= 11 is 0. The summed E-state index contributed by atoms with van der Waals surface area (Å²) in [5, 5.41) is 0. The molecule has 0 spiro atoms. The zero-order valence-electron chi connectivity index (χ0n) is 16.2. The summed E-state index contributed by atoms with van der Waals surface area (Å²) in [6.45, 7) is 4.30. The Morgan fingerprint density at radius 2 is 2.00 bits per heavy atom. The normalized spacial score (nSPS) is 23.1. The van der Waals surface area contributed by atoms with Crippen molar-refractivity contribution in [2.45, 2.75) is 38.1 Å². The molecule has 2 unspecified atom stereocenters. The summed E-state index contributed by atoms with van der Waals surface area (Å²) in [4.78, 5) is 19.6. The maximum absolute atomic E-state index is 13.4. The van der Waals surface area contributed by atoms with Crippen LogP contribution < -0.4 is 10.9 Å². The van der Waals surface area contributed by atoms with Crippen LogP contribution in [0, 0.1) is 11.7 Å². The third-order valence-electron chi connectivity index (χ3n) is 5.90. The average molecular weight is 382 g/mol. The number of hydrogen-bond acceptors (Lipinski definition) is 4. The highest BCUT2D eigenvalue weighted by molar-refractivity contribution is 5.80. The molecule has 0 aliphatic carbocycles. The molecule has 4 rings (SSSR count). The van der Waals surface area contributed by atoms with E-state index in [1.165, 1.54) is 6.07 Å². The number of hydrazine groups is 1. The molecule has 3 heterocycles. The van der Waals surface area contributed by atoms with Crippen LogP contribution in [0.25, 0.3) is 0 Å². The van der Waals surface area contributed by atoms with E-state index >= 15 is 0 Å².